The highest BCUT2D eigenvalue weighted by atomic mass is 32.1. The number of hydrogen-bond acceptors (Lipinski definition) is 2. The van der Waals surface area contributed by atoms with Crippen LogP contribution in [0, 0.1) is 6.92 Å². The lowest BCUT2D eigenvalue weighted by Crippen LogP contribution is -2.87. The maximum atomic E-state index is 12.9. The maximum absolute atomic E-state index is 12.9. The number of thiophene rings is 1. The van der Waals surface area contributed by atoms with E-state index in [1.807, 2.05) is 61.5 Å². The summed E-state index contributed by atoms with van der Waals surface area (Å²) in [5.74, 6) is 0.0150. The summed E-state index contributed by atoms with van der Waals surface area (Å²) in [6, 6.07) is 21.8. The average molecular weight is 351 g/mol. The molecule has 0 aliphatic heterocycles. The van der Waals surface area contributed by atoms with Gasteiger partial charge in [0, 0.05) is 22.5 Å². The first-order valence-electron chi connectivity index (χ1n) is 8.50. The first-order chi connectivity index (χ1) is 12.2. The quantitative estimate of drug-likeness (QED) is 0.672. The summed E-state index contributed by atoms with van der Waals surface area (Å²) >= 11 is 1.76. The molecule has 0 unspecified atom stereocenters. The fourth-order valence-electron chi connectivity index (χ4n) is 2.76. The van der Waals surface area contributed by atoms with E-state index in [0.29, 0.717) is 0 Å². The van der Waals surface area contributed by atoms with Crippen LogP contribution in [0.3, 0.4) is 0 Å². The van der Waals surface area contributed by atoms with Crippen LogP contribution in [-0.2, 0) is 11.2 Å². The monoisotopic (exact) mass is 351 g/mol. The van der Waals surface area contributed by atoms with Gasteiger partial charge in [-0.1, -0.05) is 54.1 Å². The number of nitrogens with two attached hydrogens (primary N) is 1. The second-order valence-electron chi connectivity index (χ2n) is 6.10. The highest BCUT2D eigenvalue weighted by Gasteiger charge is 2.23. The van der Waals surface area contributed by atoms with Crippen LogP contribution in [0.5, 0.6) is 0 Å². The molecule has 0 saturated heterocycles. The van der Waals surface area contributed by atoms with Gasteiger partial charge in [0.1, 0.15) is 0 Å². The number of rotatable bonds is 7. The van der Waals surface area contributed by atoms with Crippen molar-refractivity contribution in [1.82, 2.24) is 0 Å². The van der Waals surface area contributed by atoms with Crippen molar-refractivity contribution < 1.29 is 10.1 Å². The van der Waals surface area contributed by atoms with E-state index in [2.05, 4.69) is 28.1 Å². The van der Waals surface area contributed by atoms with Crippen molar-refractivity contribution in [3.05, 3.63) is 88.1 Å². The predicted molar refractivity (Wildman–Crippen MR) is 104 cm³/mol. The minimum absolute atomic E-state index is 0.0150. The van der Waals surface area contributed by atoms with Crippen LogP contribution in [0.4, 0.5) is 5.69 Å². The molecule has 0 fully saturated rings. The van der Waals surface area contributed by atoms with Crippen molar-refractivity contribution in [3.63, 3.8) is 0 Å². The zero-order valence-corrected chi connectivity index (χ0v) is 15.1. The fraction of sp³-hybridized carbons (Fsp3) is 0.190. The number of hydrogen-bond donors (Lipinski definition) is 2. The van der Waals surface area contributed by atoms with Crippen molar-refractivity contribution in [2.75, 3.05) is 11.9 Å². The van der Waals surface area contributed by atoms with Gasteiger partial charge in [-0.05, 0) is 30.5 Å². The van der Waals surface area contributed by atoms with Crippen LogP contribution < -0.4 is 10.6 Å². The van der Waals surface area contributed by atoms with E-state index in [1.54, 1.807) is 11.3 Å². The molecule has 1 amide bonds. The van der Waals surface area contributed by atoms with Gasteiger partial charge in [0.15, 0.2) is 6.04 Å². The molecule has 0 bridgehead atoms. The van der Waals surface area contributed by atoms with Crippen molar-refractivity contribution in [3.8, 4) is 0 Å². The lowest BCUT2D eigenvalue weighted by atomic mass is 10.1. The minimum atomic E-state index is -0.248. The van der Waals surface area contributed by atoms with E-state index < -0.39 is 0 Å². The van der Waals surface area contributed by atoms with E-state index in [0.717, 1.165) is 24.2 Å². The normalized spacial score (nSPS) is 11.9. The number of quaternary nitrogens is 1. The van der Waals surface area contributed by atoms with E-state index in [-0.39, 0.29) is 11.9 Å². The molecule has 3 nitrogen and oxygen atoms in total. The average Bonchev–Trinajstić information content (AvgIpc) is 3.15. The molecule has 3 aromatic rings. The summed E-state index contributed by atoms with van der Waals surface area (Å²) in [6.45, 7) is 2.91. The molecule has 128 valence electrons. The molecule has 25 heavy (non-hydrogen) atoms. The molecule has 0 saturated carbocycles. The molecule has 3 rings (SSSR count). The Labute approximate surface area is 152 Å². The first-order valence-corrected chi connectivity index (χ1v) is 9.38. The maximum Gasteiger partial charge on any atom is 0.287 e. The largest absolute Gasteiger partial charge is 0.332 e. The summed E-state index contributed by atoms with van der Waals surface area (Å²) in [7, 11) is 0. The van der Waals surface area contributed by atoms with Crippen LogP contribution >= 0.6 is 11.3 Å². The van der Waals surface area contributed by atoms with E-state index in [1.165, 1.54) is 10.4 Å². The molecule has 1 aromatic heterocycles. The Morgan fingerprint density at radius 1 is 1.04 bits per heavy atom. The van der Waals surface area contributed by atoms with E-state index in [9.17, 15) is 4.79 Å². The van der Waals surface area contributed by atoms with Gasteiger partial charge in [0.05, 0.1) is 6.54 Å². The molecule has 1 atom stereocenters. The van der Waals surface area contributed by atoms with E-state index in [4.69, 9.17) is 0 Å². The molecule has 0 spiro atoms. The third-order valence-corrected chi connectivity index (χ3v) is 5.07. The van der Waals surface area contributed by atoms with Gasteiger partial charge in [-0.15, -0.1) is 11.3 Å². The molecule has 1 heterocycles. The lowest BCUT2D eigenvalue weighted by Gasteiger charge is -2.16. The number of benzene rings is 2. The van der Waals surface area contributed by atoms with Gasteiger partial charge >= 0.3 is 0 Å². The molecule has 0 radical (unpaired) electrons. The number of nitrogens with one attached hydrogen (secondary N) is 1. The SMILES string of the molecule is Cc1ccc(NC(=O)[C@H]([NH2+]CCc2cccs2)c2ccccc2)cc1. The summed E-state index contributed by atoms with van der Waals surface area (Å²) in [6.07, 6.45) is 0.971. The molecular formula is C21H23N2OS+. The highest BCUT2D eigenvalue weighted by Crippen LogP contribution is 2.14. The number of carbonyl (C=O) groups excluding carboxylic acids is 1. The summed E-state index contributed by atoms with van der Waals surface area (Å²) in [4.78, 5) is 14.2. The van der Waals surface area contributed by atoms with Crippen molar-refractivity contribution >= 4 is 22.9 Å². The Kier molecular flexibility index (Phi) is 5.99. The van der Waals surface area contributed by atoms with Crippen LogP contribution in [0.15, 0.2) is 72.1 Å². The first kappa shape index (κ1) is 17.4. The Hall–Kier alpha value is -2.43. The Bertz CT molecular complexity index is 783. The Morgan fingerprint density at radius 3 is 2.48 bits per heavy atom. The fourth-order valence-corrected chi connectivity index (χ4v) is 3.48. The second-order valence-corrected chi connectivity index (χ2v) is 7.13. The smallest absolute Gasteiger partial charge is 0.287 e. The number of carbonyl (C=O) groups is 1. The van der Waals surface area contributed by atoms with Gasteiger partial charge in [-0.3, -0.25) is 4.79 Å². The van der Waals surface area contributed by atoms with Gasteiger partial charge in [0.2, 0.25) is 0 Å². The van der Waals surface area contributed by atoms with Crippen molar-refractivity contribution in [1.29, 1.82) is 0 Å². The van der Waals surface area contributed by atoms with Crippen LogP contribution in [-0.4, -0.2) is 12.5 Å². The summed E-state index contributed by atoms with van der Waals surface area (Å²) in [5.41, 5.74) is 3.04. The number of anilines is 1. The Balaban J connectivity index is 1.68. The minimum Gasteiger partial charge on any atom is -0.332 e. The standard InChI is InChI=1S/C21H22N2OS/c1-16-9-11-18(12-10-16)23-21(24)20(17-6-3-2-4-7-17)22-14-13-19-8-5-15-25-19/h2-12,15,20,22H,13-14H2,1H3,(H,23,24)/p+1/t20-/m1/s1. The molecule has 4 heteroatoms. The molecule has 3 N–H and O–H groups in total. The molecule has 2 aromatic carbocycles. The summed E-state index contributed by atoms with van der Waals surface area (Å²) < 4.78 is 0. The third kappa shape index (κ3) is 5.02. The van der Waals surface area contributed by atoms with Gasteiger partial charge < -0.3 is 10.6 Å². The highest BCUT2D eigenvalue weighted by molar-refractivity contribution is 7.09. The zero-order chi connectivity index (χ0) is 17.5. The summed E-state index contributed by atoms with van der Waals surface area (Å²) in [5, 5.41) is 7.26. The van der Waals surface area contributed by atoms with Gasteiger partial charge in [-0.2, -0.15) is 0 Å². The van der Waals surface area contributed by atoms with Gasteiger partial charge in [0.25, 0.3) is 5.91 Å². The third-order valence-electron chi connectivity index (χ3n) is 4.13. The van der Waals surface area contributed by atoms with Crippen LogP contribution in [0.25, 0.3) is 0 Å². The van der Waals surface area contributed by atoms with Gasteiger partial charge in [-0.25, -0.2) is 0 Å². The predicted octanol–water partition coefficient (Wildman–Crippen LogP) is 3.54. The topological polar surface area (TPSA) is 45.7 Å². The van der Waals surface area contributed by atoms with Crippen molar-refractivity contribution in [2.24, 2.45) is 0 Å². The number of amides is 1. The van der Waals surface area contributed by atoms with Crippen LogP contribution in [0.2, 0.25) is 0 Å². The lowest BCUT2D eigenvalue weighted by molar-refractivity contribution is -0.682. The zero-order valence-electron chi connectivity index (χ0n) is 14.3. The van der Waals surface area contributed by atoms with Crippen LogP contribution in [0.1, 0.15) is 22.0 Å². The molecule has 0 aliphatic carbocycles. The molecular weight excluding hydrogens is 328 g/mol. The van der Waals surface area contributed by atoms with E-state index >= 15 is 0 Å². The number of aryl methyl sites for hydroxylation is 1. The van der Waals surface area contributed by atoms with Crippen molar-refractivity contribution in [2.45, 2.75) is 19.4 Å². The molecule has 0 aliphatic rings. The Morgan fingerprint density at radius 2 is 1.80 bits per heavy atom. The second kappa shape index (κ2) is 8.60.